The molecule has 0 bridgehead atoms. The summed E-state index contributed by atoms with van der Waals surface area (Å²) in [5.41, 5.74) is 0.788. The molecule has 1 saturated heterocycles. The Morgan fingerprint density at radius 3 is 2.59 bits per heavy atom. The predicted molar refractivity (Wildman–Crippen MR) is 104 cm³/mol. The molecule has 0 radical (unpaired) electrons. The van der Waals surface area contributed by atoms with Gasteiger partial charge in [-0.1, -0.05) is 18.2 Å². The van der Waals surface area contributed by atoms with Crippen molar-refractivity contribution in [3.05, 3.63) is 53.6 Å². The van der Waals surface area contributed by atoms with E-state index in [2.05, 4.69) is 5.32 Å². The number of ether oxygens (including phenoxy) is 2. The summed E-state index contributed by atoms with van der Waals surface area (Å²) in [6.45, 7) is 2.08. The number of nitrogens with one attached hydrogen (secondary N) is 1. The van der Waals surface area contributed by atoms with Crippen LogP contribution in [0, 0.1) is 0 Å². The fraction of sp³-hybridized carbons (Fsp3) is 0.381. The Labute approximate surface area is 167 Å². The Hall–Kier alpha value is -2.74. The summed E-state index contributed by atoms with van der Waals surface area (Å²) in [6.07, 6.45) is -3.94. The molecular weight excluding hydrogens is 385 g/mol. The minimum Gasteiger partial charge on any atom is -0.496 e. The van der Waals surface area contributed by atoms with Crippen molar-refractivity contribution in [1.82, 2.24) is 0 Å². The number of benzene rings is 2. The van der Waals surface area contributed by atoms with Gasteiger partial charge in [0, 0.05) is 19.5 Å². The minimum atomic E-state index is -4.49. The molecule has 8 heteroatoms. The van der Waals surface area contributed by atoms with E-state index in [-0.39, 0.29) is 18.0 Å². The van der Waals surface area contributed by atoms with Crippen LogP contribution in [0.15, 0.2) is 42.5 Å². The largest absolute Gasteiger partial charge is 0.496 e. The first-order valence-corrected chi connectivity index (χ1v) is 9.34. The maximum atomic E-state index is 13.2. The van der Waals surface area contributed by atoms with E-state index in [1.807, 2.05) is 23.1 Å². The highest BCUT2D eigenvalue weighted by Gasteiger charge is 2.32. The zero-order valence-electron chi connectivity index (χ0n) is 16.1. The van der Waals surface area contributed by atoms with Crippen LogP contribution >= 0.6 is 0 Å². The number of hydrogen-bond acceptors (Lipinski definition) is 4. The maximum absolute atomic E-state index is 13.2. The lowest BCUT2D eigenvalue weighted by atomic mass is 10.1. The van der Waals surface area contributed by atoms with Crippen molar-refractivity contribution in [2.24, 2.45) is 0 Å². The number of para-hydroxylation sites is 1. The molecule has 3 rings (SSSR count). The summed E-state index contributed by atoms with van der Waals surface area (Å²) in [4.78, 5) is 14.4. The number of alkyl halides is 3. The van der Waals surface area contributed by atoms with Crippen LogP contribution < -0.4 is 15.0 Å². The Morgan fingerprint density at radius 2 is 1.90 bits per heavy atom. The molecular formula is C21H23F3N2O3. The van der Waals surface area contributed by atoms with E-state index >= 15 is 0 Å². The molecule has 0 unspecified atom stereocenters. The van der Waals surface area contributed by atoms with Crippen molar-refractivity contribution in [1.29, 1.82) is 0 Å². The second-order valence-corrected chi connectivity index (χ2v) is 6.69. The van der Waals surface area contributed by atoms with Crippen LogP contribution in [-0.4, -0.2) is 39.3 Å². The third-order valence-corrected chi connectivity index (χ3v) is 4.76. The van der Waals surface area contributed by atoms with Crippen LogP contribution in [0.25, 0.3) is 0 Å². The minimum absolute atomic E-state index is 0.124. The first-order valence-electron chi connectivity index (χ1n) is 9.34. The summed E-state index contributed by atoms with van der Waals surface area (Å²) >= 11 is 0. The lowest BCUT2D eigenvalue weighted by Gasteiger charge is -2.31. The molecule has 0 spiro atoms. The van der Waals surface area contributed by atoms with Gasteiger partial charge < -0.3 is 19.7 Å². The summed E-state index contributed by atoms with van der Waals surface area (Å²) in [5.74, 6) is 0.318. The van der Waals surface area contributed by atoms with Crippen molar-refractivity contribution in [2.75, 3.05) is 43.6 Å². The third-order valence-electron chi connectivity index (χ3n) is 4.76. The first-order chi connectivity index (χ1) is 13.9. The molecule has 29 heavy (non-hydrogen) atoms. The normalized spacial score (nSPS) is 14.6. The van der Waals surface area contributed by atoms with Crippen molar-refractivity contribution >= 4 is 17.3 Å². The summed E-state index contributed by atoms with van der Waals surface area (Å²) in [7, 11) is 1.55. The van der Waals surface area contributed by atoms with Gasteiger partial charge in [-0.25, -0.2) is 0 Å². The number of amides is 1. The molecule has 1 heterocycles. The average molecular weight is 408 g/mol. The standard InChI is InChI=1S/C21H23F3N2O3/c1-28-19-5-3-2-4-15(19)6-9-20(27)25-17-14-16(21(22,23)24)7-8-18(17)26-10-12-29-13-11-26/h2-5,7-8,14H,6,9-13H2,1H3,(H,25,27). The van der Waals surface area contributed by atoms with Gasteiger partial charge in [0.05, 0.1) is 37.3 Å². The van der Waals surface area contributed by atoms with Gasteiger partial charge in [-0.3, -0.25) is 4.79 Å². The summed E-state index contributed by atoms with van der Waals surface area (Å²) in [5, 5.41) is 2.67. The highest BCUT2D eigenvalue weighted by Crippen LogP contribution is 2.36. The predicted octanol–water partition coefficient (Wildman–Crippen LogP) is 4.12. The Morgan fingerprint density at radius 1 is 1.17 bits per heavy atom. The van der Waals surface area contributed by atoms with Crippen molar-refractivity contribution in [2.45, 2.75) is 19.0 Å². The molecule has 1 fully saturated rings. The van der Waals surface area contributed by atoms with E-state index in [0.29, 0.717) is 44.2 Å². The van der Waals surface area contributed by atoms with Crippen LogP contribution in [0.4, 0.5) is 24.5 Å². The molecule has 5 nitrogen and oxygen atoms in total. The van der Waals surface area contributed by atoms with Crippen molar-refractivity contribution < 1.29 is 27.4 Å². The van der Waals surface area contributed by atoms with Crippen LogP contribution in [-0.2, 0) is 22.1 Å². The number of nitrogens with zero attached hydrogens (tertiary/aromatic N) is 1. The van der Waals surface area contributed by atoms with E-state index in [9.17, 15) is 18.0 Å². The SMILES string of the molecule is COc1ccccc1CCC(=O)Nc1cc(C(F)(F)F)ccc1N1CCOCC1. The zero-order chi connectivity index (χ0) is 20.9. The van der Waals surface area contributed by atoms with Crippen LogP contribution in [0.3, 0.4) is 0 Å². The monoisotopic (exact) mass is 408 g/mol. The second-order valence-electron chi connectivity index (χ2n) is 6.69. The van der Waals surface area contributed by atoms with Crippen molar-refractivity contribution in [3.63, 3.8) is 0 Å². The maximum Gasteiger partial charge on any atom is 0.416 e. The van der Waals surface area contributed by atoms with Gasteiger partial charge in [0.25, 0.3) is 0 Å². The number of carbonyl (C=O) groups is 1. The second kappa shape index (κ2) is 9.17. The number of anilines is 2. The Kier molecular flexibility index (Phi) is 6.64. The number of morpholine rings is 1. The molecule has 1 amide bonds. The average Bonchev–Trinajstić information content (AvgIpc) is 2.72. The van der Waals surface area contributed by atoms with Gasteiger partial charge >= 0.3 is 6.18 Å². The molecule has 1 aliphatic heterocycles. The number of aryl methyl sites for hydroxylation is 1. The molecule has 2 aromatic rings. The molecule has 0 saturated carbocycles. The number of rotatable bonds is 6. The van der Waals surface area contributed by atoms with E-state index in [0.717, 1.165) is 17.7 Å². The van der Waals surface area contributed by atoms with E-state index in [1.165, 1.54) is 6.07 Å². The Bertz CT molecular complexity index is 849. The van der Waals surface area contributed by atoms with Crippen LogP contribution in [0.5, 0.6) is 5.75 Å². The number of halogens is 3. The quantitative estimate of drug-likeness (QED) is 0.781. The van der Waals surface area contributed by atoms with Gasteiger partial charge in [0.1, 0.15) is 5.75 Å². The fourth-order valence-electron chi connectivity index (χ4n) is 3.26. The smallest absolute Gasteiger partial charge is 0.416 e. The number of carbonyl (C=O) groups excluding carboxylic acids is 1. The third kappa shape index (κ3) is 5.41. The molecule has 156 valence electrons. The van der Waals surface area contributed by atoms with Gasteiger partial charge in [-0.2, -0.15) is 13.2 Å². The highest BCUT2D eigenvalue weighted by molar-refractivity contribution is 5.94. The lowest BCUT2D eigenvalue weighted by molar-refractivity contribution is -0.137. The first kappa shape index (κ1) is 21.0. The zero-order valence-corrected chi connectivity index (χ0v) is 16.1. The summed E-state index contributed by atoms with van der Waals surface area (Å²) in [6, 6.07) is 10.8. The van der Waals surface area contributed by atoms with Crippen LogP contribution in [0.1, 0.15) is 17.5 Å². The molecule has 1 aliphatic rings. The van der Waals surface area contributed by atoms with Crippen molar-refractivity contribution in [3.8, 4) is 5.75 Å². The molecule has 2 aromatic carbocycles. The molecule has 0 atom stereocenters. The highest BCUT2D eigenvalue weighted by atomic mass is 19.4. The van der Waals surface area contributed by atoms with Gasteiger partial charge in [-0.15, -0.1) is 0 Å². The lowest BCUT2D eigenvalue weighted by Crippen LogP contribution is -2.36. The van der Waals surface area contributed by atoms with Crippen LogP contribution in [0.2, 0.25) is 0 Å². The molecule has 0 aromatic heterocycles. The van der Waals surface area contributed by atoms with Gasteiger partial charge in [0.15, 0.2) is 0 Å². The summed E-state index contributed by atoms with van der Waals surface area (Å²) < 4.78 is 50.1. The fourth-order valence-corrected chi connectivity index (χ4v) is 3.26. The Balaban J connectivity index is 1.77. The molecule has 1 N–H and O–H groups in total. The topological polar surface area (TPSA) is 50.8 Å². The molecule has 0 aliphatic carbocycles. The van der Waals surface area contributed by atoms with E-state index < -0.39 is 11.7 Å². The van der Waals surface area contributed by atoms with Gasteiger partial charge in [-0.05, 0) is 36.2 Å². The van der Waals surface area contributed by atoms with E-state index in [1.54, 1.807) is 13.2 Å². The number of hydrogen-bond donors (Lipinski definition) is 1. The van der Waals surface area contributed by atoms with E-state index in [4.69, 9.17) is 9.47 Å². The van der Waals surface area contributed by atoms with Gasteiger partial charge in [0.2, 0.25) is 5.91 Å². The number of methoxy groups -OCH3 is 1.